The van der Waals surface area contributed by atoms with Crippen molar-refractivity contribution in [1.29, 1.82) is 0 Å². The Balaban J connectivity index is 1.75. The van der Waals surface area contributed by atoms with E-state index in [0.717, 1.165) is 26.1 Å². The van der Waals surface area contributed by atoms with Crippen molar-refractivity contribution in [3.05, 3.63) is 24.3 Å². The van der Waals surface area contributed by atoms with E-state index < -0.39 is 6.36 Å². The van der Waals surface area contributed by atoms with Crippen LogP contribution in [0.4, 0.5) is 18.9 Å². The molecule has 6 nitrogen and oxygen atoms in total. The summed E-state index contributed by atoms with van der Waals surface area (Å²) in [5, 5.41) is 2.62. The zero-order valence-electron chi connectivity index (χ0n) is 13.7. The molecule has 0 saturated carbocycles. The molecule has 1 saturated heterocycles. The molecule has 25 heavy (non-hydrogen) atoms. The summed E-state index contributed by atoms with van der Waals surface area (Å²) in [6, 6.07) is 5.64. The Morgan fingerprint density at radius 3 is 2.72 bits per heavy atom. The van der Waals surface area contributed by atoms with E-state index >= 15 is 0 Å². The monoisotopic (exact) mass is 361 g/mol. The molecule has 1 aromatic rings. The fraction of sp³-hybridized carbons (Fsp3) is 0.562. The Bertz CT molecular complexity index is 561. The Kier molecular flexibility index (Phi) is 7.32. The zero-order valence-corrected chi connectivity index (χ0v) is 13.7. The van der Waals surface area contributed by atoms with Gasteiger partial charge in [-0.3, -0.25) is 4.99 Å². The van der Waals surface area contributed by atoms with Gasteiger partial charge in [0.1, 0.15) is 0 Å². The number of aliphatic imine (C=N–C) groups is 1. The number of alkyl halides is 3. The number of guanidine groups is 1. The fourth-order valence-electron chi connectivity index (χ4n) is 2.32. The average Bonchev–Trinajstić information content (AvgIpc) is 2.56. The van der Waals surface area contributed by atoms with Crippen LogP contribution in [0.15, 0.2) is 29.3 Å². The number of benzene rings is 1. The summed E-state index contributed by atoms with van der Waals surface area (Å²) in [7, 11) is 0. The van der Waals surface area contributed by atoms with Crippen LogP contribution in [0.1, 0.15) is 19.3 Å². The smallest absolute Gasteiger partial charge is 0.404 e. The van der Waals surface area contributed by atoms with E-state index in [-0.39, 0.29) is 23.5 Å². The Hall–Kier alpha value is -2.00. The maximum absolute atomic E-state index is 12.4. The molecule has 9 heteroatoms. The lowest BCUT2D eigenvalue weighted by molar-refractivity contribution is -0.274. The van der Waals surface area contributed by atoms with Crippen LogP contribution in [0.2, 0.25) is 0 Å². The van der Waals surface area contributed by atoms with Crippen LogP contribution in [0.3, 0.4) is 0 Å². The predicted molar refractivity (Wildman–Crippen MR) is 87.6 cm³/mol. The van der Waals surface area contributed by atoms with Gasteiger partial charge in [-0.2, -0.15) is 0 Å². The number of nitrogens with zero attached hydrogens (tertiary/aromatic N) is 1. The van der Waals surface area contributed by atoms with Crippen molar-refractivity contribution in [3.8, 4) is 5.75 Å². The highest BCUT2D eigenvalue weighted by molar-refractivity contribution is 5.93. The molecule has 0 aliphatic carbocycles. The maximum Gasteiger partial charge on any atom is 0.573 e. The highest BCUT2D eigenvalue weighted by Gasteiger charge is 2.32. The van der Waals surface area contributed by atoms with E-state index in [0.29, 0.717) is 19.6 Å². The molecule has 0 aromatic heterocycles. The van der Waals surface area contributed by atoms with Crippen LogP contribution >= 0.6 is 0 Å². The predicted octanol–water partition coefficient (Wildman–Crippen LogP) is 2.90. The molecule has 0 unspecified atom stereocenters. The average molecular weight is 361 g/mol. The van der Waals surface area contributed by atoms with Crippen LogP contribution in [0.25, 0.3) is 0 Å². The molecule has 3 N–H and O–H groups in total. The first-order chi connectivity index (χ1) is 11.9. The SMILES string of the molecule is NC(=NCCCOC1CCOCC1)Nc1ccccc1OC(F)(F)F. The Morgan fingerprint density at radius 1 is 1.28 bits per heavy atom. The summed E-state index contributed by atoms with van der Waals surface area (Å²) < 4.78 is 52.0. The highest BCUT2D eigenvalue weighted by atomic mass is 19.4. The molecule has 0 spiro atoms. The van der Waals surface area contributed by atoms with Gasteiger partial charge in [-0.25, -0.2) is 0 Å². The van der Waals surface area contributed by atoms with Crippen molar-refractivity contribution in [1.82, 2.24) is 0 Å². The lowest BCUT2D eigenvalue weighted by atomic mass is 10.1. The number of nitrogens with one attached hydrogen (secondary N) is 1. The number of rotatable bonds is 7. The van der Waals surface area contributed by atoms with Crippen molar-refractivity contribution < 1.29 is 27.4 Å². The zero-order chi connectivity index (χ0) is 18.1. The van der Waals surface area contributed by atoms with Crippen molar-refractivity contribution in [3.63, 3.8) is 0 Å². The Morgan fingerprint density at radius 2 is 2.00 bits per heavy atom. The number of hydrogen-bond acceptors (Lipinski definition) is 4. The van der Waals surface area contributed by atoms with Crippen LogP contribution < -0.4 is 15.8 Å². The summed E-state index contributed by atoms with van der Waals surface area (Å²) in [4.78, 5) is 4.08. The molecule has 1 heterocycles. The largest absolute Gasteiger partial charge is 0.573 e. The minimum atomic E-state index is -4.77. The lowest BCUT2D eigenvalue weighted by Gasteiger charge is -2.22. The minimum absolute atomic E-state index is 0.0179. The fourth-order valence-corrected chi connectivity index (χ4v) is 2.32. The first kappa shape index (κ1) is 19.3. The van der Waals surface area contributed by atoms with Crippen molar-refractivity contribution in [2.24, 2.45) is 10.7 Å². The third-order valence-electron chi connectivity index (χ3n) is 3.48. The van der Waals surface area contributed by atoms with Gasteiger partial charge in [0.15, 0.2) is 11.7 Å². The van der Waals surface area contributed by atoms with Gasteiger partial charge in [0.05, 0.1) is 11.8 Å². The van der Waals surface area contributed by atoms with E-state index in [1.165, 1.54) is 18.2 Å². The van der Waals surface area contributed by atoms with Gasteiger partial charge >= 0.3 is 6.36 Å². The number of nitrogens with two attached hydrogens (primary N) is 1. The molecule has 0 bridgehead atoms. The highest BCUT2D eigenvalue weighted by Crippen LogP contribution is 2.29. The topological polar surface area (TPSA) is 78.1 Å². The first-order valence-electron chi connectivity index (χ1n) is 8.05. The molecule has 2 rings (SSSR count). The molecular weight excluding hydrogens is 339 g/mol. The summed E-state index contributed by atoms with van der Waals surface area (Å²) in [6.45, 7) is 2.40. The number of para-hydroxylation sites is 2. The third kappa shape index (κ3) is 7.61. The van der Waals surface area contributed by atoms with Gasteiger partial charge < -0.3 is 25.3 Å². The standard InChI is InChI=1S/C16H22F3N3O3/c17-16(18,19)25-14-5-2-1-4-13(14)22-15(20)21-8-3-9-24-12-6-10-23-11-7-12/h1-2,4-5,12H,3,6-11H2,(H3,20,21,22). The van der Waals surface area contributed by atoms with Crippen molar-refractivity contribution in [2.45, 2.75) is 31.7 Å². The van der Waals surface area contributed by atoms with Gasteiger partial charge in [0.2, 0.25) is 0 Å². The van der Waals surface area contributed by atoms with Gasteiger partial charge in [0, 0.05) is 26.4 Å². The van der Waals surface area contributed by atoms with Crippen molar-refractivity contribution >= 4 is 11.6 Å². The molecule has 140 valence electrons. The maximum atomic E-state index is 12.4. The van der Waals surface area contributed by atoms with E-state index in [9.17, 15) is 13.2 Å². The minimum Gasteiger partial charge on any atom is -0.404 e. The quantitative estimate of drug-likeness (QED) is 0.444. The van der Waals surface area contributed by atoms with Crippen LogP contribution in [-0.4, -0.2) is 44.8 Å². The summed E-state index contributed by atoms with van der Waals surface area (Å²) >= 11 is 0. The second-order valence-corrected chi connectivity index (χ2v) is 5.47. The molecular formula is C16H22F3N3O3. The van der Waals surface area contributed by atoms with Gasteiger partial charge in [-0.05, 0) is 31.4 Å². The van der Waals surface area contributed by atoms with Gasteiger partial charge in [-0.1, -0.05) is 12.1 Å². The van der Waals surface area contributed by atoms with Gasteiger partial charge in [-0.15, -0.1) is 13.2 Å². The second-order valence-electron chi connectivity index (χ2n) is 5.47. The molecule has 1 aliphatic rings. The second kappa shape index (κ2) is 9.47. The van der Waals surface area contributed by atoms with Crippen LogP contribution in [-0.2, 0) is 9.47 Å². The van der Waals surface area contributed by atoms with E-state index in [2.05, 4.69) is 15.0 Å². The molecule has 1 fully saturated rings. The summed E-state index contributed by atoms with van der Waals surface area (Å²) in [6.07, 6.45) is -2.10. The molecule has 1 aromatic carbocycles. The number of anilines is 1. The lowest BCUT2D eigenvalue weighted by Crippen LogP contribution is -2.25. The van der Waals surface area contributed by atoms with Crippen molar-refractivity contribution in [2.75, 3.05) is 31.7 Å². The summed E-state index contributed by atoms with van der Waals surface area (Å²) in [5.74, 6) is -0.347. The van der Waals surface area contributed by atoms with Crippen LogP contribution in [0, 0.1) is 0 Å². The third-order valence-corrected chi connectivity index (χ3v) is 3.48. The normalized spacial score (nSPS) is 16.7. The van der Waals surface area contributed by atoms with E-state index in [1.807, 2.05) is 0 Å². The summed E-state index contributed by atoms with van der Waals surface area (Å²) in [5.41, 5.74) is 5.80. The molecule has 0 amide bonds. The number of ether oxygens (including phenoxy) is 3. The molecule has 1 aliphatic heterocycles. The molecule has 0 radical (unpaired) electrons. The molecule has 0 atom stereocenters. The first-order valence-corrected chi connectivity index (χ1v) is 8.05. The van der Waals surface area contributed by atoms with Gasteiger partial charge in [0.25, 0.3) is 0 Å². The Labute approximate surface area is 144 Å². The van der Waals surface area contributed by atoms with E-state index in [4.69, 9.17) is 15.2 Å². The van der Waals surface area contributed by atoms with E-state index in [1.54, 1.807) is 6.07 Å². The number of halogens is 3. The number of hydrogen-bond donors (Lipinski definition) is 2. The van der Waals surface area contributed by atoms with Crippen LogP contribution in [0.5, 0.6) is 5.75 Å².